The van der Waals surface area contributed by atoms with Crippen LogP contribution in [0.5, 0.6) is 0 Å². The van der Waals surface area contributed by atoms with Gasteiger partial charge in [0.2, 0.25) is 0 Å². The molecule has 0 saturated heterocycles. The first kappa shape index (κ1) is 12.7. The van der Waals surface area contributed by atoms with Crippen LogP contribution >= 0.6 is 11.3 Å². The van der Waals surface area contributed by atoms with Crippen LogP contribution in [0.1, 0.15) is 69.7 Å². The number of thiazole rings is 1. The van der Waals surface area contributed by atoms with Crippen molar-refractivity contribution in [3.8, 4) is 0 Å². The minimum Gasteiger partial charge on any atom is -0.249 e. The van der Waals surface area contributed by atoms with Crippen LogP contribution in [-0.4, -0.2) is 4.98 Å². The SMILES string of the molecule is CCCCCCCCC(C)c1nccs1. The number of rotatable bonds is 8. The number of aromatic nitrogens is 1. The minimum atomic E-state index is 0.663. The molecule has 0 saturated carbocycles. The van der Waals surface area contributed by atoms with E-state index >= 15 is 0 Å². The first-order chi connectivity index (χ1) is 7.34. The van der Waals surface area contributed by atoms with E-state index in [4.69, 9.17) is 0 Å². The van der Waals surface area contributed by atoms with Crippen LogP contribution in [0.3, 0.4) is 0 Å². The Bertz CT molecular complexity index is 231. The molecule has 1 rings (SSSR count). The van der Waals surface area contributed by atoms with Crippen molar-refractivity contribution in [3.63, 3.8) is 0 Å². The molecule has 1 heterocycles. The molecule has 1 nitrogen and oxygen atoms in total. The summed E-state index contributed by atoms with van der Waals surface area (Å²) in [4.78, 5) is 4.36. The normalized spacial score (nSPS) is 12.9. The van der Waals surface area contributed by atoms with Gasteiger partial charge in [-0.15, -0.1) is 11.3 Å². The van der Waals surface area contributed by atoms with Gasteiger partial charge < -0.3 is 0 Å². The van der Waals surface area contributed by atoms with Crippen molar-refractivity contribution in [2.24, 2.45) is 0 Å². The third-order valence-electron chi connectivity index (χ3n) is 2.86. The summed E-state index contributed by atoms with van der Waals surface area (Å²) in [5, 5.41) is 3.39. The van der Waals surface area contributed by atoms with Crippen LogP contribution in [0.2, 0.25) is 0 Å². The third kappa shape index (κ3) is 5.31. The summed E-state index contributed by atoms with van der Waals surface area (Å²) in [5.74, 6) is 0.663. The molecule has 0 N–H and O–H groups in total. The zero-order valence-electron chi connectivity index (χ0n) is 10.0. The Balaban J connectivity index is 2.00. The van der Waals surface area contributed by atoms with Crippen LogP contribution in [0, 0.1) is 0 Å². The lowest BCUT2D eigenvalue weighted by molar-refractivity contribution is 0.556. The number of hydrogen-bond donors (Lipinski definition) is 0. The van der Waals surface area contributed by atoms with Crippen LogP contribution in [-0.2, 0) is 0 Å². The Morgan fingerprint density at radius 2 is 1.93 bits per heavy atom. The van der Waals surface area contributed by atoms with E-state index in [1.807, 2.05) is 6.20 Å². The van der Waals surface area contributed by atoms with E-state index in [9.17, 15) is 0 Å². The second-order valence-electron chi connectivity index (χ2n) is 4.33. The Morgan fingerprint density at radius 1 is 1.20 bits per heavy atom. The Hall–Kier alpha value is -0.370. The molecule has 0 spiro atoms. The molecule has 1 aromatic heterocycles. The van der Waals surface area contributed by atoms with Crippen molar-refractivity contribution in [1.82, 2.24) is 4.98 Å². The van der Waals surface area contributed by atoms with Gasteiger partial charge in [0.1, 0.15) is 0 Å². The van der Waals surface area contributed by atoms with E-state index in [-0.39, 0.29) is 0 Å². The first-order valence-corrected chi connectivity index (χ1v) is 7.12. The van der Waals surface area contributed by atoms with Gasteiger partial charge in [0.15, 0.2) is 0 Å². The van der Waals surface area contributed by atoms with Crippen molar-refractivity contribution in [1.29, 1.82) is 0 Å². The van der Waals surface area contributed by atoms with Crippen LogP contribution in [0.4, 0.5) is 0 Å². The van der Waals surface area contributed by atoms with Gasteiger partial charge in [0.25, 0.3) is 0 Å². The predicted octanol–water partition coefficient (Wildman–Crippen LogP) is 5.00. The Kier molecular flexibility index (Phi) is 6.66. The summed E-state index contributed by atoms with van der Waals surface area (Å²) in [7, 11) is 0. The second kappa shape index (κ2) is 7.86. The van der Waals surface area contributed by atoms with Crippen LogP contribution < -0.4 is 0 Å². The summed E-state index contributed by atoms with van der Waals surface area (Å²) < 4.78 is 0. The van der Waals surface area contributed by atoms with E-state index < -0.39 is 0 Å². The third-order valence-corrected chi connectivity index (χ3v) is 3.87. The molecule has 0 aliphatic rings. The molecule has 0 aliphatic heterocycles. The molecule has 0 fully saturated rings. The average Bonchev–Trinajstić information content (AvgIpc) is 2.76. The van der Waals surface area contributed by atoms with Gasteiger partial charge in [-0.1, -0.05) is 52.4 Å². The highest BCUT2D eigenvalue weighted by atomic mass is 32.1. The number of hydrogen-bond acceptors (Lipinski definition) is 2. The van der Waals surface area contributed by atoms with Crippen molar-refractivity contribution >= 4 is 11.3 Å². The largest absolute Gasteiger partial charge is 0.249 e. The molecule has 0 bridgehead atoms. The maximum Gasteiger partial charge on any atom is 0.0953 e. The summed E-state index contributed by atoms with van der Waals surface area (Å²) in [6.07, 6.45) is 11.6. The molecular formula is C13H23NS. The smallest absolute Gasteiger partial charge is 0.0953 e. The topological polar surface area (TPSA) is 12.9 Å². The van der Waals surface area contributed by atoms with E-state index in [1.165, 1.54) is 50.0 Å². The molecule has 1 atom stereocenters. The summed E-state index contributed by atoms with van der Waals surface area (Å²) in [5.41, 5.74) is 0. The average molecular weight is 225 g/mol. The standard InChI is InChI=1S/C13H23NS/c1-3-4-5-6-7-8-9-12(2)13-14-10-11-15-13/h10-12H,3-9H2,1-2H3. The lowest BCUT2D eigenvalue weighted by Gasteiger charge is -2.07. The molecule has 0 amide bonds. The second-order valence-corrected chi connectivity index (χ2v) is 5.25. The van der Waals surface area contributed by atoms with Gasteiger partial charge >= 0.3 is 0 Å². The van der Waals surface area contributed by atoms with Gasteiger partial charge in [-0.05, 0) is 6.42 Å². The monoisotopic (exact) mass is 225 g/mol. The summed E-state index contributed by atoms with van der Waals surface area (Å²) in [6, 6.07) is 0. The van der Waals surface area contributed by atoms with E-state index in [2.05, 4.69) is 24.2 Å². The maximum absolute atomic E-state index is 4.36. The molecule has 2 heteroatoms. The number of unbranched alkanes of at least 4 members (excludes halogenated alkanes) is 5. The summed E-state index contributed by atoms with van der Waals surface area (Å²) in [6.45, 7) is 4.56. The van der Waals surface area contributed by atoms with Crippen LogP contribution in [0.25, 0.3) is 0 Å². The highest BCUT2D eigenvalue weighted by molar-refractivity contribution is 7.09. The van der Waals surface area contributed by atoms with Gasteiger partial charge in [0.05, 0.1) is 5.01 Å². The fraction of sp³-hybridized carbons (Fsp3) is 0.769. The van der Waals surface area contributed by atoms with Crippen LogP contribution in [0.15, 0.2) is 11.6 Å². The predicted molar refractivity (Wildman–Crippen MR) is 68.5 cm³/mol. The van der Waals surface area contributed by atoms with Crippen molar-refractivity contribution in [2.45, 2.75) is 64.7 Å². The molecule has 0 aromatic carbocycles. The lowest BCUT2D eigenvalue weighted by atomic mass is 10.0. The molecule has 1 aromatic rings. The van der Waals surface area contributed by atoms with Crippen molar-refractivity contribution < 1.29 is 0 Å². The quantitative estimate of drug-likeness (QED) is 0.567. The lowest BCUT2D eigenvalue weighted by Crippen LogP contribution is -1.92. The van der Waals surface area contributed by atoms with E-state index in [0.717, 1.165) is 0 Å². The van der Waals surface area contributed by atoms with Crippen molar-refractivity contribution in [2.75, 3.05) is 0 Å². The Labute approximate surface area is 97.9 Å². The molecule has 15 heavy (non-hydrogen) atoms. The summed E-state index contributed by atoms with van der Waals surface area (Å²) >= 11 is 1.79. The zero-order chi connectivity index (χ0) is 10.9. The molecule has 86 valence electrons. The molecular weight excluding hydrogens is 202 g/mol. The van der Waals surface area contributed by atoms with Gasteiger partial charge in [-0.2, -0.15) is 0 Å². The van der Waals surface area contributed by atoms with E-state index in [0.29, 0.717) is 5.92 Å². The fourth-order valence-corrected chi connectivity index (χ4v) is 2.57. The molecule has 0 radical (unpaired) electrons. The highest BCUT2D eigenvalue weighted by Crippen LogP contribution is 2.23. The zero-order valence-corrected chi connectivity index (χ0v) is 10.9. The Morgan fingerprint density at radius 3 is 2.60 bits per heavy atom. The molecule has 1 unspecified atom stereocenters. The minimum absolute atomic E-state index is 0.663. The van der Waals surface area contributed by atoms with Gasteiger partial charge in [-0.25, -0.2) is 4.98 Å². The maximum atomic E-state index is 4.36. The molecule has 0 aliphatic carbocycles. The fourth-order valence-electron chi connectivity index (χ4n) is 1.83. The highest BCUT2D eigenvalue weighted by Gasteiger charge is 2.06. The number of nitrogens with zero attached hydrogens (tertiary/aromatic N) is 1. The van der Waals surface area contributed by atoms with E-state index in [1.54, 1.807) is 11.3 Å². The van der Waals surface area contributed by atoms with Gasteiger partial charge in [-0.3, -0.25) is 0 Å². The van der Waals surface area contributed by atoms with Gasteiger partial charge in [0, 0.05) is 17.5 Å². The first-order valence-electron chi connectivity index (χ1n) is 6.24. The van der Waals surface area contributed by atoms with Crippen molar-refractivity contribution in [3.05, 3.63) is 16.6 Å².